The van der Waals surface area contributed by atoms with Crippen molar-refractivity contribution in [1.82, 2.24) is 5.06 Å². The number of ether oxygens (including phenoxy) is 3. The minimum absolute atomic E-state index is 0.0244. The van der Waals surface area contributed by atoms with E-state index in [2.05, 4.69) is 0 Å². The lowest BCUT2D eigenvalue weighted by Gasteiger charge is -2.26. The van der Waals surface area contributed by atoms with E-state index < -0.39 is 33.5 Å². The van der Waals surface area contributed by atoms with Crippen LogP contribution < -0.4 is 4.74 Å². The number of rotatable bonds is 8. The molecule has 0 radical (unpaired) electrons. The van der Waals surface area contributed by atoms with E-state index in [4.69, 9.17) is 14.2 Å². The van der Waals surface area contributed by atoms with Crippen LogP contribution in [0.3, 0.4) is 0 Å². The third kappa shape index (κ3) is 5.17. The van der Waals surface area contributed by atoms with Crippen molar-refractivity contribution in [1.29, 1.82) is 0 Å². The molecule has 1 amide bonds. The number of amides is 1. The minimum atomic E-state index is -3.96. The number of aryl methyl sites for hydroxylation is 1. The van der Waals surface area contributed by atoms with Crippen LogP contribution >= 0.6 is 0 Å². The van der Waals surface area contributed by atoms with E-state index in [1.165, 1.54) is 12.1 Å². The van der Waals surface area contributed by atoms with Gasteiger partial charge in [-0.2, -0.15) is 0 Å². The van der Waals surface area contributed by atoms with E-state index in [-0.39, 0.29) is 17.9 Å². The number of hydrogen-bond donors (Lipinski definition) is 1. The molecule has 1 unspecified atom stereocenters. The number of carbonyl (C=O) groups is 1. The molecule has 2 aromatic carbocycles. The quantitative estimate of drug-likeness (QED) is 0.386. The molecule has 0 spiro atoms. The maximum Gasteiger partial charge on any atom is 0.233 e. The summed E-state index contributed by atoms with van der Waals surface area (Å²) in [7, 11) is -3.96. The van der Waals surface area contributed by atoms with Crippen LogP contribution in [0.15, 0.2) is 53.4 Å². The number of benzene rings is 2. The molecule has 1 aliphatic rings. The van der Waals surface area contributed by atoms with Crippen molar-refractivity contribution in [2.75, 3.05) is 13.2 Å². The highest BCUT2D eigenvalue weighted by Crippen LogP contribution is 2.31. The average molecular weight is 435 g/mol. The molecule has 0 saturated carbocycles. The highest BCUT2D eigenvalue weighted by molar-refractivity contribution is 7.92. The molecule has 30 heavy (non-hydrogen) atoms. The van der Waals surface area contributed by atoms with Crippen LogP contribution in [0.2, 0.25) is 0 Å². The first-order valence-corrected chi connectivity index (χ1v) is 11.0. The van der Waals surface area contributed by atoms with Gasteiger partial charge < -0.3 is 14.2 Å². The Balaban J connectivity index is 1.83. The molecule has 162 valence electrons. The first-order chi connectivity index (χ1) is 14.1. The second-order valence-electron chi connectivity index (χ2n) is 7.56. The zero-order chi connectivity index (χ0) is 21.9. The normalized spacial score (nSPS) is 19.3. The summed E-state index contributed by atoms with van der Waals surface area (Å²) < 4.78 is 43.4. The molecular formula is C21H25NO7S. The van der Waals surface area contributed by atoms with Crippen LogP contribution in [0.1, 0.15) is 19.4 Å². The molecule has 1 heterocycles. The zero-order valence-electron chi connectivity index (χ0n) is 17.0. The maximum absolute atomic E-state index is 13.3. The molecular weight excluding hydrogens is 410 g/mol. The Kier molecular flexibility index (Phi) is 6.47. The topological polar surface area (TPSA) is 102 Å². The molecule has 8 nitrogen and oxygen atoms in total. The van der Waals surface area contributed by atoms with Gasteiger partial charge in [0.1, 0.15) is 22.9 Å². The van der Waals surface area contributed by atoms with Gasteiger partial charge in [-0.1, -0.05) is 17.7 Å². The fourth-order valence-electron chi connectivity index (χ4n) is 3.16. The Morgan fingerprint density at radius 2 is 1.73 bits per heavy atom. The molecule has 1 N–H and O–H groups in total. The molecule has 3 rings (SSSR count). The molecule has 0 aromatic heterocycles. The monoisotopic (exact) mass is 435 g/mol. The Labute approximate surface area is 175 Å². The number of hydrogen-bond acceptors (Lipinski definition) is 7. The molecule has 2 aromatic rings. The predicted octanol–water partition coefficient (Wildman–Crippen LogP) is 2.93. The summed E-state index contributed by atoms with van der Waals surface area (Å²) in [4.78, 5) is 10.9. The van der Waals surface area contributed by atoms with Gasteiger partial charge in [-0.25, -0.2) is 13.5 Å². The van der Waals surface area contributed by atoms with Gasteiger partial charge in [0.15, 0.2) is 15.6 Å². The Morgan fingerprint density at radius 1 is 1.17 bits per heavy atom. The van der Waals surface area contributed by atoms with Crippen molar-refractivity contribution in [2.24, 2.45) is 0 Å². The summed E-state index contributed by atoms with van der Waals surface area (Å²) in [6, 6.07) is 13.4. The largest absolute Gasteiger partial charge is 0.457 e. The molecule has 0 aliphatic carbocycles. The summed E-state index contributed by atoms with van der Waals surface area (Å²) in [6.07, 6.45) is -0.690. The predicted molar refractivity (Wildman–Crippen MR) is 108 cm³/mol. The van der Waals surface area contributed by atoms with Crippen molar-refractivity contribution in [3.8, 4) is 11.5 Å². The smallest absolute Gasteiger partial charge is 0.233 e. The van der Waals surface area contributed by atoms with Crippen LogP contribution in [-0.4, -0.2) is 55.4 Å². The van der Waals surface area contributed by atoms with Crippen LogP contribution in [-0.2, 0) is 24.1 Å². The Morgan fingerprint density at radius 3 is 2.23 bits per heavy atom. The number of sulfone groups is 1. The van der Waals surface area contributed by atoms with Crippen molar-refractivity contribution >= 4 is 16.2 Å². The van der Waals surface area contributed by atoms with E-state index in [0.717, 1.165) is 5.56 Å². The van der Waals surface area contributed by atoms with Gasteiger partial charge >= 0.3 is 0 Å². The highest BCUT2D eigenvalue weighted by atomic mass is 32.2. The molecule has 1 fully saturated rings. The van der Waals surface area contributed by atoms with Crippen molar-refractivity contribution in [3.05, 3.63) is 54.1 Å². The third-order valence-electron chi connectivity index (χ3n) is 4.74. The Bertz CT molecular complexity index is 971. The van der Waals surface area contributed by atoms with Crippen molar-refractivity contribution in [3.63, 3.8) is 0 Å². The van der Waals surface area contributed by atoms with Crippen molar-refractivity contribution < 1.29 is 32.6 Å². The number of carbonyl (C=O) groups excluding carboxylic acids is 1. The Hall–Kier alpha value is -2.46. The maximum atomic E-state index is 13.3. The van der Waals surface area contributed by atoms with Gasteiger partial charge in [0.2, 0.25) is 6.41 Å². The lowest BCUT2D eigenvalue weighted by molar-refractivity contribution is -0.154. The molecule has 9 heteroatoms. The summed E-state index contributed by atoms with van der Waals surface area (Å²) in [6.45, 7) is 4.89. The van der Waals surface area contributed by atoms with Crippen molar-refractivity contribution in [2.45, 2.75) is 42.8 Å². The first kappa shape index (κ1) is 22.2. The summed E-state index contributed by atoms with van der Waals surface area (Å²) >= 11 is 0. The standard InChI is InChI=1S/C21H25NO7S/c1-15-4-6-16(7-5-15)28-17-8-10-18(11-9-17)30(25,26)20(12-22(24)14-23)19-13-27-21(2,3)29-19/h4-11,14,19-20,24H,12-13H2,1-3H3/t19-,20?/m0/s1. The first-order valence-electron chi connectivity index (χ1n) is 9.42. The van der Waals surface area contributed by atoms with Gasteiger partial charge in [0.05, 0.1) is 18.0 Å². The van der Waals surface area contributed by atoms with E-state index in [1.807, 2.05) is 31.2 Å². The van der Waals surface area contributed by atoms with Gasteiger partial charge in [-0.3, -0.25) is 10.0 Å². The van der Waals surface area contributed by atoms with Gasteiger partial charge in [-0.05, 0) is 57.2 Å². The molecule has 0 bridgehead atoms. The summed E-state index contributed by atoms with van der Waals surface area (Å²) in [5, 5.41) is 8.73. The fourth-order valence-corrected chi connectivity index (χ4v) is 4.90. The van der Waals surface area contributed by atoms with Crippen LogP contribution in [0.5, 0.6) is 11.5 Å². The second-order valence-corrected chi connectivity index (χ2v) is 9.73. The highest BCUT2D eigenvalue weighted by Gasteiger charge is 2.44. The second kappa shape index (κ2) is 8.73. The fraction of sp³-hybridized carbons (Fsp3) is 0.381. The van der Waals surface area contributed by atoms with Gasteiger partial charge in [-0.15, -0.1) is 0 Å². The molecule has 1 saturated heterocycles. The number of nitrogens with zero attached hydrogens (tertiary/aromatic N) is 1. The van der Waals surface area contributed by atoms with E-state index in [9.17, 15) is 18.4 Å². The van der Waals surface area contributed by atoms with Crippen LogP contribution in [0.4, 0.5) is 0 Å². The van der Waals surface area contributed by atoms with E-state index >= 15 is 0 Å². The van der Waals surface area contributed by atoms with E-state index in [1.54, 1.807) is 26.0 Å². The summed E-state index contributed by atoms with van der Waals surface area (Å²) in [5.74, 6) is 0.161. The zero-order valence-corrected chi connectivity index (χ0v) is 17.8. The number of hydroxylamine groups is 2. The lowest BCUT2D eigenvalue weighted by Crippen LogP contribution is -2.44. The SMILES string of the molecule is Cc1ccc(Oc2ccc(S(=O)(=O)C(CN(O)C=O)[C@@H]3COC(C)(C)O3)cc2)cc1. The van der Waals surface area contributed by atoms with Gasteiger partial charge in [0.25, 0.3) is 0 Å². The minimum Gasteiger partial charge on any atom is -0.457 e. The third-order valence-corrected chi connectivity index (χ3v) is 6.92. The molecule has 2 atom stereocenters. The van der Waals surface area contributed by atoms with Crippen LogP contribution in [0.25, 0.3) is 0 Å². The lowest BCUT2D eigenvalue weighted by atomic mass is 10.2. The van der Waals surface area contributed by atoms with Crippen LogP contribution in [0, 0.1) is 6.92 Å². The van der Waals surface area contributed by atoms with Gasteiger partial charge in [0, 0.05) is 0 Å². The molecule has 1 aliphatic heterocycles. The summed E-state index contributed by atoms with van der Waals surface area (Å²) in [5.41, 5.74) is 1.10. The van der Waals surface area contributed by atoms with E-state index in [0.29, 0.717) is 16.6 Å². The average Bonchev–Trinajstić information content (AvgIpc) is 3.07.